The maximum Gasteiger partial charge on any atom is 0.220 e. The smallest absolute Gasteiger partial charge is 0.220 e. The third-order valence-electron chi connectivity index (χ3n) is 4.21. The first kappa shape index (κ1) is 13.1. The molecule has 0 spiro atoms. The average Bonchev–Trinajstić information content (AvgIpc) is 3.02. The van der Waals surface area contributed by atoms with Crippen LogP contribution in [0.3, 0.4) is 0 Å². The van der Waals surface area contributed by atoms with Crippen LogP contribution in [0.2, 0.25) is 0 Å². The molecule has 4 nitrogen and oxygen atoms in total. The van der Waals surface area contributed by atoms with Crippen LogP contribution in [0, 0.1) is 17.7 Å². The minimum absolute atomic E-state index is 0.144. The summed E-state index contributed by atoms with van der Waals surface area (Å²) in [5.74, 6) is 0.688. The van der Waals surface area contributed by atoms with E-state index in [1.807, 2.05) is 0 Å². The standard InChI is InChI=1S/C15H18FN3O/c1-2-10(11-5-15(20)17-7-11)8-19-9-18-13-6-12(16)3-4-14(13)19/h3-4,6,9-11H,2,5,7-8H2,1H3,(H,17,20). The molecule has 0 aliphatic carbocycles. The van der Waals surface area contributed by atoms with E-state index in [0.29, 0.717) is 23.8 Å². The van der Waals surface area contributed by atoms with Crippen molar-refractivity contribution in [2.24, 2.45) is 11.8 Å². The molecule has 1 aliphatic rings. The molecule has 2 unspecified atom stereocenters. The van der Waals surface area contributed by atoms with Crippen molar-refractivity contribution in [1.29, 1.82) is 0 Å². The van der Waals surface area contributed by atoms with Gasteiger partial charge in [0.25, 0.3) is 0 Å². The molecule has 1 amide bonds. The predicted molar refractivity (Wildman–Crippen MR) is 74.6 cm³/mol. The van der Waals surface area contributed by atoms with Gasteiger partial charge in [0, 0.05) is 25.6 Å². The zero-order chi connectivity index (χ0) is 14.1. The number of hydrogen-bond acceptors (Lipinski definition) is 2. The van der Waals surface area contributed by atoms with Gasteiger partial charge in [-0.25, -0.2) is 9.37 Å². The number of carbonyl (C=O) groups is 1. The number of hydrogen-bond donors (Lipinski definition) is 1. The molecule has 2 atom stereocenters. The molecule has 0 radical (unpaired) electrons. The molecule has 2 heterocycles. The van der Waals surface area contributed by atoms with Crippen LogP contribution in [-0.4, -0.2) is 22.0 Å². The molecular weight excluding hydrogens is 257 g/mol. The van der Waals surface area contributed by atoms with Gasteiger partial charge in [-0.2, -0.15) is 0 Å². The van der Waals surface area contributed by atoms with E-state index in [1.165, 1.54) is 12.1 Å². The molecule has 0 saturated carbocycles. The van der Waals surface area contributed by atoms with E-state index < -0.39 is 0 Å². The Hall–Kier alpha value is -1.91. The fourth-order valence-corrected chi connectivity index (χ4v) is 3.01. The lowest BCUT2D eigenvalue weighted by Gasteiger charge is -2.21. The largest absolute Gasteiger partial charge is 0.356 e. The third kappa shape index (κ3) is 2.40. The summed E-state index contributed by atoms with van der Waals surface area (Å²) in [5, 5.41) is 2.90. The van der Waals surface area contributed by atoms with Gasteiger partial charge in [0.2, 0.25) is 5.91 Å². The lowest BCUT2D eigenvalue weighted by atomic mass is 9.89. The summed E-state index contributed by atoms with van der Waals surface area (Å²) in [6.07, 6.45) is 3.39. The minimum Gasteiger partial charge on any atom is -0.356 e. The van der Waals surface area contributed by atoms with Crippen molar-refractivity contribution in [2.75, 3.05) is 6.54 Å². The van der Waals surface area contributed by atoms with Crippen molar-refractivity contribution < 1.29 is 9.18 Å². The first-order valence-corrected chi connectivity index (χ1v) is 7.04. The molecule has 1 fully saturated rings. The minimum atomic E-state index is -0.264. The highest BCUT2D eigenvalue weighted by molar-refractivity contribution is 5.78. The number of rotatable bonds is 4. The number of carbonyl (C=O) groups excluding carboxylic acids is 1. The van der Waals surface area contributed by atoms with Crippen LogP contribution in [0.1, 0.15) is 19.8 Å². The molecule has 0 bridgehead atoms. The van der Waals surface area contributed by atoms with E-state index >= 15 is 0 Å². The normalized spacial score (nSPS) is 20.3. The van der Waals surface area contributed by atoms with Crippen LogP contribution in [0.15, 0.2) is 24.5 Å². The molecule has 1 aromatic carbocycles. The number of imidazole rings is 1. The monoisotopic (exact) mass is 275 g/mol. The van der Waals surface area contributed by atoms with Gasteiger partial charge in [-0.05, 0) is 24.0 Å². The number of nitrogens with one attached hydrogen (secondary N) is 1. The first-order valence-electron chi connectivity index (χ1n) is 7.04. The van der Waals surface area contributed by atoms with Gasteiger partial charge >= 0.3 is 0 Å². The first-order chi connectivity index (χ1) is 9.67. The lowest BCUT2D eigenvalue weighted by Crippen LogP contribution is -2.22. The van der Waals surface area contributed by atoms with Crippen LogP contribution < -0.4 is 5.32 Å². The second-order valence-corrected chi connectivity index (χ2v) is 5.47. The maximum absolute atomic E-state index is 13.2. The highest BCUT2D eigenvalue weighted by atomic mass is 19.1. The van der Waals surface area contributed by atoms with E-state index in [9.17, 15) is 9.18 Å². The van der Waals surface area contributed by atoms with E-state index in [-0.39, 0.29) is 11.7 Å². The van der Waals surface area contributed by atoms with Gasteiger partial charge in [0.15, 0.2) is 0 Å². The Morgan fingerprint density at radius 1 is 1.55 bits per heavy atom. The molecule has 3 rings (SSSR count). The molecule has 20 heavy (non-hydrogen) atoms. The number of benzene rings is 1. The van der Waals surface area contributed by atoms with Gasteiger partial charge < -0.3 is 9.88 Å². The van der Waals surface area contributed by atoms with Crippen molar-refractivity contribution in [3.05, 3.63) is 30.3 Å². The van der Waals surface area contributed by atoms with Crippen molar-refractivity contribution in [3.8, 4) is 0 Å². The van der Waals surface area contributed by atoms with E-state index in [1.54, 1.807) is 12.4 Å². The fraction of sp³-hybridized carbons (Fsp3) is 0.467. The highest BCUT2D eigenvalue weighted by Gasteiger charge is 2.28. The van der Waals surface area contributed by atoms with Gasteiger partial charge in [-0.3, -0.25) is 4.79 Å². The Labute approximate surface area is 117 Å². The second kappa shape index (κ2) is 5.23. The number of aromatic nitrogens is 2. The summed E-state index contributed by atoms with van der Waals surface area (Å²) in [5.41, 5.74) is 1.63. The van der Waals surface area contributed by atoms with Crippen LogP contribution in [0.4, 0.5) is 4.39 Å². The highest BCUT2D eigenvalue weighted by Crippen LogP contribution is 2.26. The number of fused-ring (bicyclic) bond motifs is 1. The Morgan fingerprint density at radius 3 is 3.10 bits per heavy atom. The lowest BCUT2D eigenvalue weighted by molar-refractivity contribution is -0.119. The van der Waals surface area contributed by atoms with Gasteiger partial charge in [0.1, 0.15) is 5.82 Å². The number of amides is 1. The molecular formula is C15H18FN3O. The Bertz CT molecular complexity index is 637. The molecule has 1 aliphatic heterocycles. The molecule has 106 valence electrons. The van der Waals surface area contributed by atoms with Crippen LogP contribution in [0.5, 0.6) is 0 Å². The van der Waals surface area contributed by atoms with E-state index in [0.717, 1.165) is 25.0 Å². The molecule has 1 aromatic heterocycles. The Morgan fingerprint density at radius 2 is 2.40 bits per heavy atom. The zero-order valence-electron chi connectivity index (χ0n) is 11.5. The van der Waals surface area contributed by atoms with E-state index in [4.69, 9.17) is 0 Å². The van der Waals surface area contributed by atoms with Crippen LogP contribution in [-0.2, 0) is 11.3 Å². The van der Waals surface area contributed by atoms with Gasteiger partial charge in [-0.15, -0.1) is 0 Å². The van der Waals surface area contributed by atoms with Crippen molar-refractivity contribution in [1.82, 2.24) is 14.9 Å². The quantitative estimate of drug-likeness (QED) is 0.931. The SMILES string of the molecule is CCC(Cn1cnc2cc(F)ccc21)C1CNC(=O)C1. The van der Waals surface area contributed by atoms with E-state index in [2.05, 4.69) is 21.8 Å². The topological polar surface area (TPSA) is 46.9 Å². The second-order valence-electron chi connectivity index (χ2n) is 5.47. The Kier molecular flexibility index (Phi) is 3.42. The summed E-state index contributed by atoms with van der Waals surface area (Å²) in [4.78, 5) is 15.6. The summed E-state index contributed by atoms with van der Waals surface area (Å²) in [7, 11) is 0. The van der Waals surface area contributed by atoms with Gasteiger partial charge in [0.05, 0.1) is 17.4 Å². The molecule has 1 saturated heterocycles. The van der Waals surface area contributed by atoms with Crippen LogP contribution in [0.25, 0.3) is 11.0 Å². The summed E-state index contributed by atoms with van der Waals surface area (Å²) < 4.78 is 15.2. The summed E-state index contributed by atoms with van der Waals surface area (Å²) in [6, 6.07) is 4.68. The summed E-state index contributed by atoms with van der Waals surface area (Å²) >= 11 is 0. The van der Waals surface area contributed by atoms with Crippen molar-refractivity contribution in [2.45, 2.75) is 26.3 Å². The molecule has 5 heteroatoms. The maximum atomic E-state index is 13.2. The molecule has 1 N–H and O–H groups in total. The number of halogens is 1. The zero-order valence-corrected chi connectivity index (χ0v) is 11.5. The predicted octanol–water partition coefficient (Wildman–Crippen LogP) is 2.34. The fourth-order valence-electron chi connectivity index (χ4n) is 3.01. The van der Waals surface area contributed by atoms with Gasteiger partial charge in [-0.1, -0.05) is 13.3 Å². The average molecular weight is 275 g/mol. The van der Waals surface area contributed by atoms with Crippen molar-refractivity contribution >= 4 is 16.9 Å². The summed E-state index contributed by atoms with van der Waals surface area (Å²) in [6.45, 7) is 3.73. The number of nitrogens with zero attached hydrogens (tertiary/aromatic N) is 2. The van der Waals surface area contributed by atoms with Crippen LogP contribution >= 0.6 is 0 Å². The third-order valence-corrected chi connectivity index (χ3v) is 4.21. The molecule has 2 aromatic rings. The van der Waals surface area contributed by atoms with Crippen molar-refractivity contribution in [3.63, 3.8) is 0 Å². The Balaban J connectivity index is 1.82.